The first kappa shape index (κ1) is 16.2. The maximum absolute atomic E-state index is 12.1. The fraction of sp³-hybridized carbons (Fsp3) is 0.200. The normalized spacial score (nSPS) is 12.0. The number of methoxy groups -OCH3 is 1. The Bertz CT molecular complexity index is 690. The lowest BCUT2D eigenvalue weighted by atomic mass is 10.1. The van der Waals surface area contributed by atoms with Crippen molar-refractivity contribution in [1.29, 1.82) is 0 Å². The summed E-state index contributed by atoms with van der Waals surface area (Å²) in [7, 11) is 1.33. The van der Waals surface area contributed by atoms with Gasteiger partial charge in [-0.05, 0) is 35.0 Å². The lowest BCUT2D eigenvalue weighted by molar-refractivity contribution is -0.139. The Morgan fingerprint density at radius 2 is 1.90 bits per heavy atom. The van der Waals surface area contributed by atoms with Gasteiger partial charge >= 0.3 is 5.97 Å². The minimum atomic E-state index is -0.395. The van der Waals surface area contributed by atoms with Crippen LogP contribution in [0.15, 0.2) is 40.9 Å². The van der Waals surface area contributed by atoms with Gasteiger partial charge in [0.15, 0.2) is 0 Å². The topological polar surface area (TPSA) is 55.4 Å². The van der Waals surface area contributed by atoms with Gasteiger partial charge in [-0.3, -0.25) is 9.59 Å². The predicted octanol–water partition coefficient (Wildman–Crippen LogP) is 3.31. The molecule has 0 aliphatic carbocycles. The van der Waals surface area contributed by atoms with Crippen LogP contribution in [-0.4, -0.2) is 29.5 Å². The van der Waals surface area contributed by atoms with Gasteiger partial charge in [-0.25, -0.2) is 0 Å². The Balaban J connectivity index is 2.09. The molecule has 0 bridgehead atoms. The molecule has 0 aliphatic rings. The predicted molar refractivity (Wildman–Crippen MR) is 93.8 cm³/mol. The number of carbonyl (C=O) groups excluding carboxylic acids is 2. The van der Waals surface area contributed by atoms with Crippen molar-refractivity contribution in [2.75, 3.05) is 13.7 Å². The Hall–Kier alpha value is -1.15. The Kier molecular flexibility index (Phi) is 5.58. The second-order valence-corrected chi connectivity index (χ2v) is 6.83. The molecule has 1 unspecified atom stereocenters. The number of fused-ring (bicyclic) bond motifs is 1. The van der Waals surface area contributed by atoms with E-state index in [9.17, 15) is 9.59 Å². The van der Waals surface area contributed by atoms with E-state index in [0.717, 1.165) is 15.2 Å². The standard InChI is InChI=1S/C15H13BrINO3/c1-21-15(20)13(17)8-18-14(19)11-3-2-10-7-12(16)5-4-9(10)6-11/h2-7,13H,8H2,1H3,(H,18,19). The van der Waals surface area contributed by atoms with Gasteiger partial charge in [0.1, 0.15) is 3.92 Å². The lowest BCUT2D eigenvalue weighted by Gasteiger charge is -2.10. The second-order valence-electron chi connectivity index (χ2n) is 4.41. The zero-order chi connectivity index (χ0) is 15.4. The summed E-state index contributed by atoms with van der Waals surface area (Å²) in [4.78, 5) is 23.4. The minimum absolute atomic E-state index is 0.203. The SMILES string of the molecule is COC(=O)C(I)CNC(=O)c1ccc2cc(Br)ccc2c1. The smallest absolute Gasteiger partial charge is 0.320 e. The second kappa shape index (κ2) is 7.22. The van der Waals surface area contributed by atoms with Crippen molar-refractivity contribution >= 4 is 61.2 Å². The van der Waals surface area contributed by atoms with Crippen LogP contribution in [0.5, 0.6) is 0 Å². The molecule has 6 heteroatoms. The highest BCUT2D eigenvalue weighted by atomic mass is 127. The molecular weight excluding hydrogens is 449 g/mol. The van der Waals surface area contributed by atoms with Crippen LogP contribution in [0.1, 0.15) is 10.4 Å². The third-order valence-electron chi connectivity index (χ3n) is 2.96. The van der Waals surface area contributed by atoms with Gasteiger partial charge in [0.2, 0.25) is 0 Å². The lowest BCUT2D eigenvalue weighted by Crippen LogP contribution is -2.33. The summed E-state index contributed by atoms with van der Waals surface area (Å²) in [5.41, 5.74) is 0.568. The number of carbonyl (C=O) groups is 2. The highest BCUT2D eigenvalue weighted by Crippen LogP contribution is 2.21. The van der Waals surface area contributed by atoms with Crippen LogP contribution in [0.2, 0.25) is 0 Å². The van der Waals surface area contributed by atoms with E-state index in [1.54, 1.807) is 6.07 Å². The molecule has 2 rings (SSSR count). The van der Waals surface area contributed by atoms with Crippen LogP contribution < -0.4 is 5.32 Å². The van der Waals surface area contributed by atoms with E-state index < -0.39 is 3.92 Å². The molecule has 0 fully saturated rings. The number of rotatable bonds is 4. The quantitative estimate of drug-likeness (QED) is 0.431. The average Bonchev–Trinajstić information content (AvgIpc) is 2.50. The van der Waals surface area contributed by atoms with E-state index in [1.165, 1.54) is 7.11 Å². The van der Waals surface area contributed by atoms with Crippen LogP contribution in [-0.2, 0) is 9.53 Å². The first-order valence-electron chi connectivity index (χ1n) is 6.20. The molecule has 1 N–H and O–H groups in total. The van der Waals surface area contributed by atoms with Crippen molar-refractivity contribution < 1.29 is 14.3 Å². The zero-order valence-electron chi connectivity index (χ0n) is 11.2. The fourth-order valence-electron chi connectivity index (χ4n) is 1.85. The van der Waals surface area contributed by atoms with Crippen molar-refractivity contribution in [1.82, 2.24) is 5.32 Å². The van der Waals surface area contributed by atoms with Crippen molar-refractivity contribution in [2.24, 2.45) is 0 Å². The summed E-state index contributed by atoms with van der Waals surface area (Å²) >= 11 is 5.36. The van der Waals surface area contributed by atoms with Crippen LogP contribution in [0.3, 0.4) is 0 Å². The summed E-state index contributed by atoms with van der Waals surface area (Å²) in [6.07, 6.45) is 0. The van der Waals surface area contributed by atoms with Crippen molar-refractivity contribution in [2.45, 2.75) is 3.92 Å². The highest BCUT2D eigenvalue weighted by molar-refractivity contribution is 14.1. The average molecular weight is 462 g/mol. The third-order valence-corrected chi connectivity index (χ3v) is 4.41. The number of halogens is 2. The van der Waals surface area contributed by atoms with Crippen LogP contribution >= 0.6 is 38.5 Å². The van der Waals surface area contributed by atoms with Crippen LogP contribution in [0, 0.1) is 0 Å². The summed E-state index contributed by atoms with van der Waals surface area (Å²) in [6, 6.07) is 11.4. The number of alkyl halides is 1. The molecule has 2 aromatic rings. The molecule has 21 heavy (non-hydrogen) atoms. The molecular formula is C15H13BrINO3. The van der Waals surface area contributed by atoms with Gasteiger partial charge in [-0.2, -0.15) is 0 Å². The molecule has 2 aromatic carbocycles. The molecule has 0 heterocycles. The first-order chi connectivity index (χ1) is 10.0. The van der Waals surface area contributed by atoms with Gasteiger partial charge in [0.05, 0.1) is 7.11 Å². The molecule has 0 spiro atoms. The van der Waals surface area contributed by atoms with E-state index in [-0.39, 0.29) is 18.4 Å². The molecule has 0 radical (unpaired) electrons. The van der Waals surface area contributed by atoms with Crippen molar-refractivity contribution in [3.8, 4) is 0 Å². The van der Waals surface area contributed by atoms with Gasteiger partial charge < -0.3 is 10.1 Å². The van der Waals surface area contributed by atoms with Crippen molar-refractivity contribution in [3.63, 3.8) is 0 Å². The molecule has 1 amide bonds. The number of benzene rings is 2. The monoisotopic (exact) mass is 461 g/mol. The number of nitrogens with one attached hydrogen (secondary N) is 1. The van der Waals surface area contributed by atoms with Gasteiger partial charge in [0.25, 0.3) is 5.91 Å². The Morgan fingerprint density at radius 1 is 1.24 bits per heavy atom. The summed E-state index contributed by atoms with van der Waals surface area (Å²) in [5, 5.41) is 4.78. The highest BCUT2D eigenvalue weighted by Gasteiger charge is 2.16. The molecule has 0 aromatic heterocycles. The fourth-order valence-corrected chi connectivity index (χ4v) is 2.71. The van der Waals surface area contributed by atoms with E-state index in [2.05, 4.69) is 26.0 Å². The maximum atomic E-state index is 12.1. The number of ether oxygens (including phenoxy) is 1. The molecule has 4 nitrogen and oxygen atoms in total. The number of hydrogen-bond acceptors (Lipinski definition) is 3. The summed E-state index contributed by atoms with van der Waals surface area (Å²) in [6.45, 7) is 0.241. The van der Waals surface area contributed by atoms with Gasteiger partial charge in [-0.15, -0.1) is 0 Å². The van der Waals surface area contributed by atoms with E-state index >= 15 is 0 Å². The molecule has 0 saturated heterocycles. The summed E-state index contributed by atoms with van der Waals surface area (Å²) < 4.78 is 5.22. The molecule has 0 saturated carbocycles. The number of amides is 1. The number of hydrogen-bond donors (Lipinski definition) is 1. The molecule has 1 atom stereocenters. The molecule has 110 valence electrons. The first-order valence-corrected chi connectivity index (χ1v) is 8.24. The Labute approximate surface area is 144 Å². The van der Waals surface area contributed by atoms with Gasteiger partial charge in [0, 0.05) is 16.6 Å². The zero-order valence-corrected chi connectivity index (χ0v) is 15.0. The van der Waals surface area contributed by atoms with E-state index in [0.29, 0.717) is 5.56 Å². The van der Waals surface area contributed by atoms with Crippen LogP contribution in [0.25, 0.3) is 10.8 Å². The van der Waals surface area contributed by atoms with E-state index in [1.807, 2.05) is 52.9 Å². The van der Waals surface area contributed by atoms with E-state index in [4.69, 9.17) is 0 Å². The largest absolute Gasteiger partial charge is 0.468 e. The van der Waals surface area contributed by atoms with Crippen molar-refractivity contribution in [3.05, 3.63) is 46.4 Å². The minimum Gasteiger partial charge on any atom is -0.468 e. The molecule has 0 aliphatic heterocycles. The summed E-state index contributed by atoms with van der Waals surface area (Å²) in [5.74, 6) is -0.551. The third kappa shape index (κ3) is 4.16. The number of esters is 1. The Morgan fingerprint density at radius 3 is 2.62 bits per heavy atom. The van der Waals surface area contributed by atoms with Gasteiger partial charge in [-0.1, -0.05) is 50.7 Å². The van der Waals surface area contributed by atoms with Crippen LogP contribution in [0.4, 0.5) is 0 Å². The maximum Gasteiger partial charge on any atom is 0.320 e.